The highest BCUT2D eigenvalue weighted by Gasteiger charge is 2.83. The van der Waals surface area contributed by atoms with Crippen molar-refractivity contribution >= 4 is 50.9 Å². The lowest BCUT2D eigenvalue weighted by Crippen LogP contribution is -2.61. The summed E-state index contributed by atoms with van der Waals surface area (Å²) in [5.41, 5.74) is -1.42. The van der Waals surface area contributed by atoms with Crippen molar-refractivity contribution in [1.82, 2.24) is 0 Å². The molecule has 0 N–H and O–H groups in total. The Bertz CT molecular complexity index is 1350. The van der Waals surface area contributed by atoms with Gasteiger partial charge in [0.25, 0.3) is 23.6 Å². The number of imide groups is 2. The Morgan fingerprint density at radius 3 is 1.44 bits per heavy atom. The van der Waals surface area contributed by atoms with E-state index in [1.54, 1.807) is 0 Å². The van der Waals surface area contributed by atoms with Crippen LogP contribution in [0.25, 0.3) is 0 Å². The van der Waals surface area contributed by atoms with E-state index in [9.17, 15) is 67.5 Å². The number of amides is 4. The van der Waals surface area contributed by atoms with E-state index in [1.807, 2.05) is 0 Å². The lowest BCUT2D eigenvalue weighted by atomic mass is 10.0. The minimum absolute atomic E-state index is 0.220. The Hall–Kier alpha value is -3.77. The summed E-state index contributed by atoms with van der Waals surface area (Å²) in [7, 11) is 0. The maximum Gasteiger partial charge on any atom is 0.460 e. The Labute approximate surface area is 215 Å². The standard InChI is InChI=1S/C20H6BrF11N2O5/c21-7-5-8(33-11(35)1-2-12(33)36)9(34-13(37)3-4-14(34)38)6-10(7)39-16(23)15(22)17(24,25)18(26,27)19(28,29)20(30,31)32/h1-6H. The number of carbonyl (C=O) groups excluding carboxylic acids is 4. The van der Waals surface area contributed by atoms with Crippen molar-refractivity contribution < 1.29 is 72.2 Å². The minimum atomic E-state index is -7.56. The molecule has 0 saturated carbocycles. The van der Waals surface area contributed by atoms with E-state index in [0.29, 0.717) is 29.2 Å². The molecule has 0 saturated heterocycles. The molecular weight excluding hydrogens is 637 g/mol. The summed E-state index contributed by atoms with van der Waals surface area (Å²) in [6, 6.07) is -2.46. The summed E-state index contributed by atoms with van der Waals surface area (Å²) in [6.45, 7) is 0. The second-order valence-corrected chi connectivity index (χ2v) is 8.23. The number of ether oxygens (including phenoxy) is 1. The molecule has 0 aliphatic carbocycles. The Kier molecular flexibility index (Phi) is 7.22. The summed E-state index contributed by atoms with van der Waals surface area (Å²) >= 11 is 2.62. The van der Waals surface area contributed by atoms with Gasteiger partial charge in [-0.1, -0.05) is 0 Å². The smallest absolute Gasteiger partial charge is 0.428 e. The zero-order chi connectivity index (χ0) is 29.9. The van der Waals surface area contributed by atoms with Gasteiger partial charge in [0, 0.05) is 30.4 Å². The molecule has 210 valence electrons. The van der Waals surface area contributed by atoms with E-state index in [2.05, 4.69) is 20.7 Å². The lowest BCUT2D eigenvalue weighted by molar-refractivity contribution is -0.392. The SMILES string of the molecule is O=C1C=CC(=O)N1c1cc(Br)c(OC(F)=C(F)C(F)(F)C(F)(F)C(F)(F)C(F)(F)F)cc1N1C(=O)C=CC1=O. The topological polar surface area (TPSA) is 84.0 Å². The quantitative estimate of drug-likeness (QED) is 0.230. The molecule has 0 atom stereocenters. The second kappa shape index (κ2) is 9.45. The van der Waals surface area contributed by atoms with Gasteiger partial charge in [-0.3, -0.25) is 19.2 Å². The third kappa shape index (κ3) is 4.67. The highest BCUT2D eigenvalue weighted by atomic mass is 79.9. The van der Waals surface area contributed by atoms with Crippen molar-refractivity contribution in [2.45, 2.75) is 23.9 Å². The number of carbonyl (C=O) groups is 4. The fraction of sp³-hybridized carbons (Fsp3) is 0.200. The van der Waals surface area contributed by atoms with Crippen molar-refractivity contribution in [2.75, 3.05) is 9.80 Å². The van der Waals surface area contributed by atoms with Crippen molar-refractivity contribution in [1.29, 1.82) is 0 Å². The molecule has 3 rings (SSSR count). The van der Waals surface area contributed by atoms with E-state index in [-0.39, 0.29) is 4.90 Å². The highest BCUT2D eigenvalue weighted by Crippen LogP contribution is 2.56. The molecule has 0 spiro atoms. The molecule has 39 heavy (non-hydrogen) atoms. The number of hydrogen-bond acceptors (Lipinski definition) is 5. The van der Waals surface area contributed by atoms with E-state index in [4.69, 9.17) is 0 Å². The third-order valence-corrected chi connectivity index (χ3v) is 5.54. The number of allylic oxidation sites excluding steroid dienone is 1. The average Bonchev–Trinajstić information content (AvgIpc) is 3.33. The average molecular weight is 643 g/mol. The fourth-order valence-corrected chi connectivity index (χ4v) is 3.43. The predicted molar refractivity (Wildman–Crippen MR) is 108 cm³/mol. The third-order valence-electron chi connectivity index (χ3n) is 4.92. The van der Waals surface area contributed by atoms with Gasteiger partial charge >= 0.3 is 30.0 Å². The number of hydrogen-bond donors (Lipinski definition) is 0. The molecule has 1 aromatic carbocycles. The first-order valence-corrected chi connectivity index (χ1v) is 10.4. The molecule has 0 fully saturated rings. The number of nitrogens with zero attached hydrogens (tertiary/aromatic N) is 2. The minimum Gasteiger partial charge on any atom is -0.428 e. The van der Waals surface area contributed by atoms with Crippen molar-refractivity contribution in [2.24, 2.45) is 0 Å². The van der Waals surface area contributed by atoms with E-state index in [1.165, 1.54) is 0 Å². The first kappa shape index (κ1) is 29.8. The molecule has 2 heterocycles. The summed E-state index contributed by atoms with van der Waals surface area (Å²) in [6.07, 6.45) is -4.48. The first-order valence-electron chi connectivity index (χ1n) is 9.56. The monoisotopic (exact) mass is 642 g/mol. The maximum atomic E-state index is 14.2. The van der Waals surface area contributed by atoms with Crippen LogP contribution in [0.1, 0.15) is 0 Å². The molecule has 19 heteroatoms. The fourth-order valence-electron chi connectivity index (χ4n) is 3.02. The van der Waals surface area contributed by atoms with Gasteiger partial charge in [-0.2, -0.15) is 48.3 Å². The van der Waals surface area contributed by atoms with Gasteiger partial charge in [0.2, 0.25) is 5.83 Å². The van der Waals surface area contributed by atoms with Gasteiger partial charge in [-0.15, -0.1) is 0 Å². The van der Waals surface area contributed by atoms with Crippen molar-refractivity contribution in [3.8, 4) is 5.75 Å². The van der Waals surface area contributed by atoms with Gasteiger partial charge in [0.1, 0.15) is 5.75 Å². The van der Waals surface area contributed by atoms with Crippen LogP contribution in [0.15, 0.2) is 52.7 Å². The van der Waals surface area contributed by atoms with Crippen LogP contribution in [-0.2, 0) is 19.2 Å². The van der Waals surface area contributed by atoms with Crippen LogP contribution in [0.4, 0.5) is 59.7 Å². The van der Waals surface area contributed by atoms with Crippen LogP contribution in [0.3, 0.4) is 0 Å². The molecule has 7 nitrogen and oxygen atoms in total. The van der Waals surface area contributed by atoms with Crippen LogP contribution in [0.5, 0.6) is 5.75 Å². The molecule has 0 radical (unpaired) electrons. The van der Waals surface area contributed by atoms with Crippen molar-refractivity contribution in [3.63, 3.8) is 0 Å². The highest BCUT2D eigenvalue weighted by molar-refractivity contribution is 9.10. The van der Waals surface area contributed by atoms with E-state index < -0.39 is 81.0 Å². The summed E-state index contributed by atoms with van der Waals surface area (Å²) in [5.74, 6) is -32.1. The summed E-state index contributed by atoms with van der Waals surface area (Å²) < 4.78 is 149. The molecule has 0 bridgehead atoms. The number of anilines is 2. The maximum absolute atomic E-state index is 14.2. The second-order valence-electron chi connectivity index (χ2n) is 7.37. The van der Waals surface area contributed by atoms with Crippen LogP contribution in [0.2, 0.25) is 0 Å². The summed E-state index contributed by atoms with van der Waals surface area (Å²) in [4.78, 5) is 49.0. The molecule has 0 aromatic heterocycles. The lowest BCUT2D eigenvalue weighted by Gasteiger charge is -2.32. The van der Waals surface area contributed by atoms with E-state index in [0.717, 1.165) is 12.2 Å². The molecule has 1 aromatic rings. The summed E-state index contributed by atoms with van der Waals surface area (Å²) in [5, 5.41) is 0. The number of rotatable bonds is 7. The van der Waals surface area contributed by atoms with E-state index >= 15 is 0 Å². The van der Waals surface area contributed by atoms with Crippen LogP contribution in [0, 0.1) is 0 Å². The van der Waals surface area contributed by atoms with Gasteiger partial charge in [0.15, 0.2) is 0 Å². The zero-order valence-electron chi connectivity index (χ0n) is 17.9. The van der Waals surface area contributed by atoms with Crippen LogP contribution < -0.4 is 14.5 Å². The van der Waals surface area contributed by atoms with Crippen molar-refractivity contribution in [3.05, 3.63) is 52.7 Å². The largest absolute Gasteiger partial charge is 0.460 e. The number of benzene rings is 1. The van der Waals surface area contributed by atoms with Gasteiger partial charge < -0.3 is 4.74 Å². The first-order chi connectivity index (χ1) is 17.7. The van der Waals surface area contributed by atoms with Crippen LogP contribution >= 0.6 is 15.9 Å². The van der Waals surface area contributed by atoms with Crippen LogP contribution in [-0.4, -0.2) is 47.6 Å². The van der Waals surface area contributed by atoms with Gasteiger partial charge in [-0.05, 0) is 22.0 Å². The van der Waals surface area contributed by atoms with Gasteiger partial charge in [0.05, 0.1) is 15.8 Å². The Balaban J connectivity index is 2.12. The van der Waals surface area contributed by atoms with Gasteiger partial charge in [-0.25, -0.2) is 9.80 Å². The normalized spacial score (nSPS) is 17.5. The Morgan fingerprint density at radius 1 is 0.667 bits per heavy atom. The Morgan fingerprint density at radius 2 is 1.05 bits per heavy atom. The number of halogens is 12. The zero-order valence-corrected chi connectivity index (χ0v) is 19.5. The molecule has 2 aliphatic rings. The predicted octanol–water partition coefficient (Wildman–Crippen LogP) is 5.26. The molecule has 4 amide bonds. The molecular formula is C20H6BrF11N2O5. The molecule has 0 unspecified atom stereocenters. The molecule has 2 aliphatic heterocycles. The number of alkyl halides is 9.